The van der Waals surface area contributed by atoms with E-state index in [4.69, 9.17) is 43.6 Å². The van der Waals surface area contributed by atoms with Gasteiger partial charge in [-0.05, 0) is 54.4 Å². The van der Waals surface area contributed by atoms with Crippen molar-refractivity contribution in [3.05, 3.63) is 179 Å². The highest BCUT2D eigenvalue weighted by atomic mass is 16.7. The Labute approximate surface area is 347 Å². The lowest BCUT2D eigenvalue weighted by Gasteiger charge is -2.48. The maximum atomic E-state index is 13.7. The zero-order valence-electron chi connectivity index (χ0n) is 32.8. The van der Waals surface area contributed by atoms with Crippen LogP contribution in [0.3, 0.4) is 0 Å². The molecule has 2 aliphatic rings. The Morgan fingerprint density at radius 2 is 0.983 bits per heavy atom. The molecule has 312 valence electrons. The molecule has 10 atom stereocenters. The van der Waals surface area contributed by atoms with Crippen molar-refractivity contribution >= 4 is 17.9 Å². The maximum absolute atomic E-state index is 13.7. The molecule has 2 saturated heterocycles. The van der Waals surface area contributed by atoms with Crippen LogP contribution in [0.4, 0.5) is 0 Å². The fraction of sp³-hybridized carbons (Fsp3) is 0.298. The summed E-state index contributed by atoms with van der Waals surface area (Å²) in [6.45, 7) is 1.61. The molecule has 2 fully saturated rings. The summed E-state index contributed by atoms with van der Waals surface area (Å²) in [7, 11) is 0. The molecule has 0 amide bonds. The molecule has 60 heavy (non-hydrogen) atoms. The summed E-state index contributed by atoms with van der Waals surface area (Å²) in [5, 5.41) is 11.5. The van der Waals surface area contributed by atoms with Crippen LogP contribution in [0.5, 0.6) is 0 Å². The van der Waals surface area contributed by atoms with Crippen LogP contribution >= 0.6 is 0 Å². The fourth-order valence-corrected chi connectivity index (χ4v) is 7.06. The predicted octanol–water partition coefficient (Wildman–Crippen LogP) is 5.64. The molecule has 0 radical (unpaired) electrons. The summed E-state index contributed by atoms with van der Waals surface area (Å²) in [4.78, 5) is 40.6. The van der Waals surface area contributed by atoms with Crippen LogP contribution in [0.25, 0.3) is 0 Å². The Kier molecular flexibility index (Phi) is 14.4. The Morgan fingerprint density at radius 1 is 0.550 bits per heavy atom. The molecule has 5 aromatic rings. The van der Waals surface area contributed by atoms with E-state index < -0.39 is 85.9 Å². The van der Waals surface area contributed by atoms with Gasteiger partial charge in [-0.3, -0.25) is 0 Å². The molecule has 0 aliphatic carbocycles. The molecule has 2 aliphatic heterocycles. The van der Waals surface area contributed by atoms with E-state index in [0.717, 1.165) is 11.1 Å². The second kappa shape index (κ2) is 20.5. The predicted molar refractivity (Wildman–Crippen MR) is 216 cm³/mol. The van der Waals surface area contributed by atoms with E-state index in [0.29, 0.717) is 0 Å². The van der Waals surface area contributed by atoms with Gasteiger partial charge in [-0.15, -0.1) is 0 Å². The number of hydrogen-bond acceptors (Lipinski definition) is 13. The monoisotopic (exact) mass is 817 g/mol. The van der Waals surface area contributed by atoms with Gasteiger partial charge in [0.25, 0.3) is 0 Å². The summed E-state index contributed by atoms with van der Waals surface area (Å²) >= 11 is 0. The van der Waals surface area contributed by atoms with E-state index in [9.17, 15) is 19.5 Å². The first-order chi connectivity index (χ1) is 29.2. The third-order valence-corrected chi connectivity index (χ3v) is 10.2. The zero-order chi connectivity index (χ0) is 41.8. The van der Waals surface area contributed by atoms with Crippen molar-refractivity contribution in [2.24, 2.45) is 5.73 Å². The number of aliphatic hydroxyl groups is 1. The minimum Gasteiger partial charge on any atom is -0.459 e. The summed E-state index contributed by atoms with van der Waals surface area (Å²) in [6.07, 6.45) is -10.9. The van der Waals surface area contributed by atoms with Crippen LogP contribution in [0.2, 0.25) is 0 Å². The molecule has 0 bridgehead atoms. The van der Waals surface area contributed by atoms with E-state index in [1.54, 1.807) is 97.9 Å². The van der Waals surface area contributed by atoms with Crippen molar-refractivity contribution in [2.75, 3.05) is 6.61 Å². The number of esters is 3. The first kappa shape index (κ1) is 42.4. The molecule has 0 aromatic heterocycles. The van der Waals surface area contributed by atoms with Crippen molar-refractivity contribution in [3.63, 3.8) is 0 Å². The van der Waals surface area contributed by atoms with Gasteiger partial charge in [0.05, 0.1) is 42.0 Å². The minimum absolute atomic E-state index is 0.125. The van der Waals surface area contributed by atoms with Gasteiger partial charge in [0, 0.05) is 0 Å². The summed E-state index contributed by atoms with van der Waals surface area (Å²) < 4.78 is 49.8. The summed E-state index contributed by atoms with van der Waals surface area (Å²) in [6, 6.07) is 42.4. The highest BCUT2D eigenvalue weighted by molar-refractivity contribution is 5.91. The fourth-order valence-electron chi connectivity index (χ4n) is 7.06. The van der Waals surface area contributed by atoms with Crippen molar-refractivity contribution < 1.29 is 57.4 Å². The van der Waals surface area contributed by atoms with Gasteiger partial charge in [-0.2, -0.15) is 0 Å². The Bertz CT molecular complexity index is 2110. The van der Waals surface area contributed by atoms with Crippen LogP contribution in [-0.2, 0) is 51.1 Å². The number of carbonyl (C=O) groups is 3. The Balaban J connectivity index is 1.21. The highest BCUT2D eigenvalue weighted by Gasteiger charge is 2.54. The second-order valence-electron chi connectivity index (χ2n) is 14.4. The number of ether oxygens (including phenoxy) is 8. The Hall–Kier alpha value is -5.77. The lowest BCUT2D eigenvalue weighted by molar-refractivity contribution is -0.351. The quantitative estimate of drug-likeness (QED) is 0.0984. The lowest BCUT2D eigenvalue weighted by atomic mass is 9.95. The molecule has 0 spiro atoms. The number of aliphatic hydroxyl groups excluding tert-OH is 1. The smallest absolute Gasteiger partial charge is 0.338 e. The van der Waals surface area contributed by atoms with Crippen molar-refractivity contribution in [3.8, 4) is 0 Å². The van der Waals surface area contributed by atoms with Crippen LogP contribution in [-0.4, -0.2) is 91.0 Å². The van der Waals surface area contributed by atoms with Gasteiger partial charge in [0.2, 0.25) is 0 Å². The van der Waals surface area contributed by atoms with E-state index in [1.165, 1.54) is 0 Å². The van der Waals surface area contributed by atoms with E-state index in [1.807, 2.05) is 60.7 Å². The number of rotatable bonds is 15. The van der Waals surface area contributed by atoms with E-state index >= 15 is 0 Å². The molecule has 5 aromatic carbocycles. The number of nitrogens with two attached hydrogens (primary N) is 1. The molecule has 13 heteroatoms. The third-order valence-electron chi connectivity index (χ3n) is 10.2. The van der Waals surface area contributed by atoms with Gasteiger partial charge in [0.15, 0.2) is 24.8 Å². The van der Waals surface area contributed by atoms with Crippen molar-refractivity contribution in [2.45, 2.75) is 81.5 Å². The first-order valence-corrected chi connectivity index (χ1v) is 19.7. The SMILES string of the molecule is C[C@@H]1O[C@@H](O)[C@H](O[C@@H]2O[C@H](COC(=O)c3ccccc3)[C@@H](OC(=O)c3ccccc3)[C@H](OC(=O)c3ccccc3)[C@@H]2N)[C@H](OCc2ccccc2)[C@H]1OCc1ccccc1. The standard InChI is InChI=1S/C47H47NO12/c1-30-38(53-27-31-17-7-2-8-18-31)41(54-28-32-19-9-3-10-20-32)42(46(52)56-30)60-47-37(48)40(59-45(51)35-25-15-6-16-26-35)39(58-44(50)34-23-13-5-14-24-34)36(57-47)29-55-43(49)33-21-11-4-12-22-33/h2-26,30,36-42,46-47,52H,27-29,48H2,1H3/t30-,36+,37-,38-,39+,40+,41+,42+,46+,47-/m0/s1. The summed E-state index contributed by atoms with van der Waals surface area (Å²) in [5.41, 5.74) is 9.34. The molecule has 13 nitrogen and oxygen atoms in total. The van der Waals surface area contributed by atoms with Crippen LogP contribution < -0.4 is 5.73 Å². The second-order valence-corrected chi connectivity index (χ2v) is 14.4. The summed E-state index contributed by atoms with van der Waals surface area (Å²) in [5.74, 6) is -2.23. The van der Waals surface area contributed by atoms with Crippen LogP contribution in [0.15, 0.2) is 152 Å². The number of carbonyl (C=O) groups excluding carboxylic acids is 3. The number of benzene rings is 5. The van der Waals surface area contributed by atoms with Crippen molar-refractivity contribution in [1.29, 1.82) is 0 Å². The molecule has 0 saturated carbocycles. The normalized spacial score (nSPS) is 26.4. The van der Waals surface area contributed by atoms with E-state index in [2.05, 4.69) is 0 Å². The minimum atomic E-state index is -1.57. The van der Waals surface area contributed by atoms with Crippen LogP contribution in [0, 0.1) is 0 Å². The molecule has 2 heterocycles. The first-order valence-electron chi connectivity index (χ1n) is 19.7. The largest absolute Gasteiger partial charge is 0.459 e. The lowest BCUT2D eigenvalue weighted by Crippen LogP contribution is -2.67. The van der Waals surface area contributed by atoms with Crippen molar-refractivity contribution in [1.82, 2.24) is 0 Å². The third kappa shape index (κ3) is 10.7. The van der Waals surface area contributed by atoms with Crippen LogP contribution in [0.1, 0.15) is 49.1 Å². The van der Waals surface area contributed by atoms with Gasteiger partial charge in [0.1, 0.15) is 31.0 Å². The maximum Gasteiger partial charge on any atom is 0.338 e. The molecule has 3 N–H and O–H groups in total. The number of hydrogen-bond donors (Lipinski definition) is 2. The average Bonchev–Trinajstić information content (AvgIpc) is 3.29. The van der Waals surface area contributed by atoms with E-state index in [-0.39, 0.29) is 29.9 Å². The molecule has 7 rings (SSSR count). The van der Waals surface area contributed by atoms with Gasteiger partial charge >= 0.3 is 17.9 Å². The van der Waals surface area contributed by atoms with Gasteiger partial charge in [-0.1, -0.05) is 115 Å². The topological polar surface area (TPSA) is 171 Å². The van der Waals surface area contributed by atoms with Gasteiger partial charge < -0.3 is 48.7 Å². The molecular formula is C47H47NO12. The average molecular weight is 818 g/mol. The molecule has 0 unspecified atom stereocenters. The highest BCUT2D eigenvalue weighted by Crippen LogP contribution is 2.34. The zero-order valence-corrected chi connectivity index (χ0v) is 32.8. The van der Waals surface area contributed by atoms with Gasteiger partial charge in [-0.25, -0.2) is 14.4 Å². The molecular weight excluding hydrogens is 771 g/mol. The Morgan fingerprint density at radius 3 is 1.48 bits per heavy atom.